The van der Waals surface area contributed by atoms with Gasteiger partial charge in [-0.2, -0.15) is 8.42 Å². The fourth-order valence-corrected chi connectivity index (χ4v) is 3.64. The first-order valence-corrected chi connectivity index (χ1v) is 12.8. The maximum Gasteiger partial charge on any atom is 0.264 e. The van der Waals surface area contributed by atoms with Crippen LogP contribution in [0.3, 0.4) is 0 Å². The number of hydrogen-bond acceptors (Lipinski definition) is 4. The third-order valence-corrected chi connectivity index (χ3v) is 9.68. The second kappa shape index (κ2) is 7.82. The molecule has 0 fully saturated rings. The van der Waals surface area contributed by atoms with Crippen molar-refractivity contribution in [2.24, 2.45) is 0 Å². The van der Waals surface area contributed by atoms with Crippen molar-refractivity contribution in [1.29, 1.82) is 0 Å². The molecule has 1 unspecified atom stereocenters. The molecule has 0 amide bonds. The van der Waals surface area contributed by atoms with Gasteiger partial charge in [0.05, 0.1) is 11.3 Å². The van der Waals surface area contributed by atoms with E-state index in [9.17, 15) is 12.8 Å². The molecule has 0 aliphatic rings. The van der Waals surface area contributed by atoms with E-state index in [1.807, 2.05) is 0 Å². The molecule has 0 bridgehead atoms. The largest absolute Gasteiger partial charge is 0.417 e. The first-order chi connectivity index (χ1) is 10.7. The highest BCUT2D eigenvalue weighted by molar-refractivity contribution is 7.86. The van der Waals surface area contributed by atoms with Crippen LogP contribution in [0.1, 0.15) is 38.9 Å². The quantitative estimate of drug-likeness (QED) is 0.485. The van der Waals surface area contributed by atoms with Crippen molar-refractivity contribution in [2.45, 2.75) is 51.4 Å². The Morgan fingerprint density at radius 3 is 2.33 bits per heavy atom. The van der Waals surface area contributed by atoms with E-state index in [1.165, 1.54) is 12.1 Å². The lowest BCUT2D eigenvalue weighted by Gasteiger charge is -2.36. The summed E-state index contributed by atoms with van der Waals surface area (Å²) in [6, 6.07) is 4.15. The lowest BCUT2D eigenvalue weighted by atomic mass is 10.1. The van der Waals surface area contributed by atoms with E-state index < -0.39 is 30.4 Å². The Morgan fingerprint density at radius 2 is 1.88 bits per heavy atom. The summed E-state index contributed by atoms with van der Waals surface area (Å²) in [5.41, 5.74) is 0.418. The van der Waals surface area contributed by atoms with Gasteiger partial charge in [0.15, 0.2) is 8.32 Å². The predicted molar refractivity (Wildman–Crippen MR) is 97.8 cm³/mol. The molecule has 1 aromatic carbocycles. The lowest BCUT2D eigenvalue weighted by Crippen LogP contribution is -2.41. The molecule has 1 rings (SSSR count). The van der Waals surface area contributed by atoms with E-state index in [0.29, 0.717) is 18.6 Å². The number of hydrogen-bond donors (Lipinski definition) is 0. The zero-order chi connectivity index (χ0) is 18.8. The molecule has 0 saturated carbocycles. The molecule has 0 saturated heterocycles. The third kappa shape index (κ3) is 6.44. The summed E-state index contributed by atoms with van der Waals surface area (Å²) in [5, 5.41) is 0.0291. The van der Waals surface area contributed by atoms with E-state index in [0.717, 1.165) is 6.26 Å². The van der Waals surface area contributed by atoms with Crippen LogP contribution in [0.25, 0.3) is 0 Å². The van der Waals surface area contributed by atoms with Crippen molar-refractivity contribution in [2.75, 3.05) is 12.9 Å². The van der Waals surface area contributed by atoms with E-state index >= 15 is 0 Å². The fourth-order valence-electron chi connectivity index (χ4n) is 1.83. The van der Waals surface area contributed by atoms with E-state index in [1.54, 1.807) is 6.07 Å². The van der Waals surface area contributed by atoms with Gasteiger partial charge in [-0.15, -0.1) is 0 Å². The maximum absolute atomic E-state index is 13.7. The molecule has 0 heterocycles. The minimum absolute atomic E-state index is 0.0191. The molecule has 8 heteroatoms. The Balaban J connectivity index is 2.90. The van der Waals surface area contributed by atoms with Crippen LogP contribution in [0, 0.1) is 5.82 Å². The SMILES string of the molecule is CC(C)(C)[Si](C)(C)OCCC(OS(C)(=O)=O)c1ccc(Cl)c(F)c1. The molecule has 24 heavy (non-hydrogen) atoms. The van der Waals surface area contributed by atoms with Gasteiger partial charge in [-0.3, -0.25) is 4.18 Å². The van der Waals surface area contributed by atoms with Gasteiger partial charge in [-0.05, 0) is 35.8 Å². The molecule has 0 aromatic heterocycles. The maximum atomic E-state index is 13.7. The van der Waals surface area contributed by atoms with Gasteiger partial charge in [-0.25, -0.2) is 4.39 Å². The first kappa shape index (κ1) is 21.6. The smallest absolute Gasteiger partial charge is 0.264 e. The van der Waals surface area contributed by atoms with Crippen LogP contribution in [0.5, 0.6) is 0 Å². The highest BCUT2D eigenvalue weighted by Gasteiger charge is 2.37. The van der Waals surface area contributed by atoms with Crippen molar-refractivity contribution in [3.8, 4) is 0 Å². The van der Waals surface area contributed by atoms with Crippen molar-refractivity contribution in [1.82, 2.24) is 0 Å². The molecular formula is C16H26ClFO4SSi. The lowest BCUT2D eigenvalue weighted by molar-refractivity contribution is 0.165. The summed E-state index contributed by atoms with van der Waals surface area (Å²) in [4.78, 5) is 0. The molecule has 0 N–H and O–H groups in total. The van der Waals surface area contributed by atoms with Gasteiger partial charge >= 0.3 is 0 Å². The third-order valence-electron chi connectivity index (χ3n) is 4.26. The molecular weight excluding hydrogens is 371 g/mol. The van der Waals surface area contributed by atoms with Crippen LogP contribution in [0.15, 0.2) is 18.2 Å². The summed E-state index contributed by atoms with van der Waals surface area (Å²) in [6.45, 7) is 10.9. The Morgan fingerprint density at radius 1 is 1.29 bits per heavy atom. The van der Waals surface area contributed by atoms with E-state index in [4.69, 9.17) is 20.2 Å². The number of benzene rings is 1. The molecule has 4 nitrogen and oxygen atoms in total. The fraction of sp³-hybridized carbons (Fsp3) is 0.625. The Bertz CT molecular complexity index is 671. The summed E-state index contributed by atoms with van der Waals surface area (Å²) >= 11 is 5.68. The first-order valence-electron chi connectivity index (χ1n) is 7.70. The van der Waals surface area contributed by atoms with Crippen LogP contribution in [-0.2, 0) is 18.7 Å². The zero-order valence-electron chi connectivity index (χ0n) is 15.0. The van der Waals surface area contributed by atoms with Gasteiger partial charge in [0, 0.05) is 13.0 Å². The van der Waals surface area contributed by atoms with Crippen molar-refractivity contribution >= 4 is 30.0 Å². The Labute approximate surface area is 150 Å². The predicted octanol–water partition coefficient (Wildman–Crippen LogP) is 4.91. The summed E-state index contributed by atoms with van der Waals surface area (Å²) in [7, 11) is -5.64. The monoisotopic (exact) mass is 396 g/mol. The topological polar surface area (TPSA) is 52.6 Å². The van der Waals surface area contributed by atoms with Crippen LogP contribution >= 0.6 is 11.6 Å². The van der Waals surface area contributed by atoms with Crippen LogP contribution in [0.4, 0.5) is 4.39 Å². The van der Waals surface area contributed by atoms with Crippen LogP contribution < -0.4 is 0 Å². The second-order valence-corrected chi connectivity index (χ2v) is 14.2. The standard InChI is InChI=1S/C16H26ClFO4SSi/c1-16(2,3)24(5,6)21-10-9-15(22-23(4,19)20)12-7-8-13(17)14(18)11-12/h7-8,11,15H,9-10H2,1-6H3. The molecule has 138 valence electrons. The summed E-state index contributed by atoms with van der Waals surface area (Å²) < 4.78 is 47.9. The highest BCUT2D eigenvalue weighted by Crippen LogP contribution is 2.37. The normalized spacial score (nSPS) is 14.7. The minimum Gasteiger partial charge on any atom is -0.417 e. The highest BCUT2D eigenvalue weighted by atomic mass is 35.5. The van der Waals surface area contributed by atoms with E-state index in [-0.39, 0.29) is 10.1 Å². The van der Waals surface area contributed by atoms with Gasteiger partial charge in [0.2, 0.25) is 0 Å². The van der Waals surface area contributed by atoms with Gasteiger partial charge in [0.1, 0.15) is 11.9 Å². The van der Waals surface area contributed by atoms with Gasteiger partial charge in [0.25, 0.3) is 10.1 Å². The molecule has 1 aromatic rings. The van der Waals surface area contributed by atoms with Gasteiger partial charge in [-0.1, -0.05) is 38.4 Å². The number of rotatable bonds is 7. The summed E-state index contributed by atoms with van der Waals surface area (Å²) in [6.07, 6.45) is 0.471. The Hall–Kier alpha value is -0.473. The Kier molecular flexibility index (Phi) is 7.03. The van der Waals surface area contributed by atoms with Crippen molar-refractivity contribution in [3.05, 3.63) is 34.6 Å². The van der Waals surface area contributed by atoms with Crippen LogP contribution in [-0.4, -0.2) is 29.6 Å². The zero-order valence-corrected chi connectivity index (χ0v) is 17.6. The average Bonchev–Trinajstić information content (AvgIpc) is 2.38. The molecule has 0 aliphatic carbocycles. The second-order valence-electron chi connectivity index (χ2n) is 7.36. The minimum atomic E-state index is -3.69. The molecule has 0 aliphatic heterocycles. The van der Waals surface area contributed by atoms with Gasteiger partial charge < -0.3 is 4.43 Å². The molecule has 0 radical (unpaired) electrons. The molecule has 1 atom stereocenters. The van der Waals surface area contributed by atoms with Crippen LogP contribution in [0.2, 0.25) is 23.2 Å². The van der Waals surface area contributed by atoms with Crippen molar-refractivity contribution < 1.29 is 21.4 Å². The van der Waals surface area contributed by atoms with Crippen molar-refractivity contribution in [3.63, 3.8) is 0 Å². The number of halogens is 2. The van der Waals surface area contributed by atoms with E-state index in [2.05, 4.69) is 33.9 Å². The summed E-state index contributed by atoms with van der Waals surface area (Å²) in [5.74, 6) is -0.610. The average molecular weight is 397 g/mol. The molecule has 0 spiro atoms.